The van der Waals surface area contributed by atoms with E-state index in [4.69, 9.17) is 10.2 Å². The zero-order chi connectivity index (χ0) is 8.69. The Balaban J connectivity index is 3.60. The average molecular weight is 163 g/mol. The molecule has 0 radical (unpaired) electrons. The van der Waals surface area contributed by atoms with E-state index >= 15 is 0 Å². The second-order valence-electron chi connectivity index (χ2n) is 2.32. The van der Waals surface area contributed by atoms with E-state index in [2.05, 4.69) is 0 Å². The second kappa shape index (κ2) is 6.06. The highest BCUT2D eigenvalue weighted by molar-refractivity contribution is 4.55. The van der Waals surface area contributed by atoms with Gasteiger partial charge in [-0.3, -0.25) is 10.1 Å². The monoisotopic (exact) mass is 163 g/mol. The second-order valence-corrected chi connectivity index (χ2v) is 2.32. The van der Waals surface area contributed by atoms with Gasteiger partial charge in [0.2, 0.25) is 6.04 Å². The standard InChI is InChI=1S/C6H13NO4/c8-4-1-2-6(3-5-9)7(10)11/h6,8-9H,1-5H2. The maximum Gasteiger partial charge on any atom is 0.215 e. The van der Waals surface area contributed by atoms with Crippen LogP contribution in [0.2, 0.25) is 0 Å². The Bertz CT molecular complexity index is 117. The van der Waals surface area contributed by atoms with Crippen LogP contribution in [0.4, 0.5) is 0 Å². The summed E-state index contributed by atoms with van der Waals surface area (Å²) in [4.78, 5) is 9.80. The predicted octanol–water partition coefficient (Wildman–Crippen LogP) is -0.213. The normalized spacial score (nSPS) is 12.9. The summed E-state index contributed by atoms with van der Waals surface area (Å²) in [6.07, 6.45) is 0.933. The first-order valence-corrected chi connectivity index (χ1v) is 3.57. The van der Waals surface area contributed by atoms with E-state index < -0.39 is 11.0 Å². The Hall–Kier alpha value is -0.680. The van der Waals surface area contributed by atoms with Crippen molar-refractivity contribution >= 4 is 0 Å². The minimum Gasteiger partial charge on any atom is -0.396 e. The molecule has 0 aromatic heterocycles. The van der Waals surface area contributed by atoms with Crippen molar-refractivity contribution in [3.63, 3.8) is 0 Å². The van der Waals surface area contributed by atoms with Crippen molar-refractivity contribution in [3.05, 3.63) is 10.1 Å². The third kappa shape index (κ3) is 4.69. The van der Waals surface area contributed by atoms with Gasteiger partial charge in [0.1, 0.15) is 0 Å². The van der Waals surface area contributed by atoms with Gasteiger partial charge in [-0.2, -0.15) is 0 Å². The highest BCUT2D eigenvalue weighted by atomic mass is 16.6. The van der Waals surface area contributed by atoms with Crippen molar-refractivity contribution in [1.29, 1.82) is 0 Å². The van der Waals surface area contributed by atoms with Crippen molar-refractivity contribution in [2.75, 3.05) is 13.2 Å². The maximum atomic E-state index is 10.2. The summed E-state index contributed by atoms with van der Waals surface area (Å²) in [7, 11) is 0. The fourth-order valence-corrected chi connectivity index (χ4v) is 0.831. The summed E-state index contributed by atoms with van der Waals surface area (Å²) in [5, 5.41) is 27.0. The number of aliphatic hydroxyl groups is 2. The van der Waals surface area contributed by atoms with Gasteiger partial charge >= 0.3 is 0 Å². The molecule has 0 aliphatic heterocycles. The molecule has 11 heavy (non-hydrogen) atoms. The first kappa shape index (κ1) is 10.3. The smallest absolute Gasteiger partial charge is 0.215 e. The van der Waals surface area contributed by atoms with Gasteiger partial charge in [0.25, 0.3) is 0 Å². The summed E-state index contributed by atoms with van der Waals surface area (Å²) in [6, 6.07) is -0.702. The van der Waals surface area contributed by atoms with Gasteiger partial charge in [0, 0.05) is 31.0 Å². The van der Waals surface area contributed by atoms with Gasteiger partial charge in [0.05, 0.1) is 0 Å². The van der Waals surface area contributed by atoms with Crippen LogP contribution in [0.1, 0.15) is 19.3 Å². The Morgan fingerprint density at radius 1 is 1.27 bits per heavy atom. The van der Waals surface area contributed by atoms with E-state index in [9.17, 15) is 10.1 Å². The molecule has 5 heteroatoms. The SMILES string of the molecule is O=[N+]([O-])C(CCO)CCCO. The van der Waals surface area contributed by atoms with E-state index in [1.807, 2.05) is 0 Å². The summed E-state index contributed by atoms with van der Waals surface area (Å²) >= 11 is 0. The first-order valence-electron chi connectivity index (χ1n) is 3.57. The Labute approximate surface area is 64.8 Å². The van der Waals surface area contributed by atoms with Crippen LogP contribution >= 0.6 is 0 Å². The van der Waals surface area contributed by atoms with Crippen molar-refractivity contribution in [1.82, 2.24) is 0 Å². The molecular formula is C6H13NO4. The molecule has 0 rings (SSSR count). The van der Waals surface area contributed by atoms with Gasteiger partial charge in [-0.15, -0.1) is 0 Å². The third-order valence-electron chi connectivity index (χ3n) is 1.46. The molecule has 0 aliphatic rings. The quantitative estimate of drug-likeness (QED) is 0.419. The Morgan fingerprint density at radius 3 is 2.27 bits per heavy atom. The number of aliphatic hydroxyl groups excluding tert-OH is 2. The predicted molar refractivity (Wildman–Crippen MR) is 38.8 cm³/mol. The van der Waals surface area contributed by atoms with Crippen LogP contribution < -0.4 is 0 Å². The van der Waals surface area contributed by atoms with Crippen LogP contribution in [0.3, 0.4) is 0 Å². The minimum atomic E-state index is -0.702. The van der Waals surface area contributed by atoms with Crippen LogP contribution in [-0.4, -0.2) is 34.4 Å². The minimum absolute atomic E-state index is 0.0320. The van der Waals surface area contributed by atoms with Crippen LogP contribution in [0.5, 0.6) is 0 Å². The molecular weight excluding hydrogens is 150 g/mol. The van der Waals surface area contributed by atoms with Crippen LogP contribution in [0.15, 0.2) is 0 Å². The van der Waals surface area contributed by atoms with Gasteiger partial charge in [-0.1, -0.05) is 0 Å². The van der Waals surface area contributed by atoms with E-state index in [-0.39, 0.29) is 19.6 Å². The van der Waals surface area contributed by atoms with Crippen LogP contribution in [0.25, 0.3) is 0 Å². The van der Waals surface area contributed by atoms with Crippen molar-refractivity contribution in [2.45, 2.75) is 25.3 Å². The van der Waals surface area contributed by atoms with E-state index in [0.717, 1.165) is 0 Å². The zero-order valence-electron chi connectivity index (χ0n) is 6.27. The number of nitrogens with zero attached hydrogens (tertiary/aromatic N) is 1. The van der Waals surface area contributed by atoms with Crippen molar-refractivity contribution in [3.8, 4) is 0 Å². The molecule has 0 aliphatic carbocycles. The molecule has 0 fully saturated rings. The Morgan fingerprint density at radius 2 is 1.91 bits per heavy atom. The lowest BCUT2D eigenvalue weighted by molar-refractivity contribution is -0.525. The lowest BCUT2D eigenvalue weighted by Crippen LogP contribution is -2.21. The van der Waals surface area contributed by atoms with E-state index in [0.29, 0.717) is 12.8 Å². The highest BCUT2D eigenvalue weighted by Crippen LogP contribution is 2.04. The molecule has 66 valence electrons. The van der Waals surface area contributed by atoms with Gasteiger partial charge in [-0.05, 0) is 6.42 Å². The molecule has 2 N–H and O–H groups in total. The maximum absolute atomic E-state index is 10.2. The largest absolute Gasteiger partial charge is 0.396 e. The van der Waals surface area contributed by atoms with Crippen molar-refractivity contribution in [2.24, 2.45) is 0 Å². The molecule has 5 nitrogen and oxygen atoms in total. The Kier molecular flexibility index (Phi) is 5.68. The number of hydrogen-bond donors (Lipinski definition) is 2. The molecule has 0 amide bonds. The molecule has 0 heterocycles. The zero-order valence-corrected chi connectivity index (χ0v) is 6.27. The average Bonchev–Trinajstić information content (AvgIpc) is 1.97. The van der Waals surface area contributed by atoms with Crippen molar-refractivity contribution < 1.29 is 15.1 Å². The topological polar surface area (TPSA) is 83.6 Å². The van der Waals surface area contributed by atoms with E-state index in [1.54, 1.807) is 0 Å². The third-order valence-corrected chi connectivity index (χ3v) is 1.46. The summed E-state index contributed by atoms with van der Waals surface area (Å²) in [5.41, 5.74) is 0. The lowest BCUT2D eigenvalue weighted by atomic mass is 10.1. The summed E-state index contributed by atoms with van der Waals surface area (Å²) in [6.45, 7) is -0.202. The molecule has 0 aromatic rings. The van der Waals surface area contributed by atoms with Gasteiger partial charge < -0.3 is 10.2 Å². The number of hydrogen-bond acceptors (Lipinski definition) is 4. The van der Waals surface area contributed by atoms with Gasteiger partial charge in [-0.25, -0.2) is 0 Å². The lowest BCUT2D eigenvalue weighted by Gasteiger charge is -2.05. The number of nitro groups is 1. The molecule has 1 unspecified atom stereocenters. The number of rotatable bonds is 6. The van der Waals surface area contributed by atoms with Crippen LogP contribution in [0, 0.1) is 10.1 Å². The summed E-state index contributed by atoms with van der Waals surface area (Å²) in [5.74, 6) is 0. The van der Waals surface area contributed by atoms with E-state index in [1.165, 1.54) is 0 Å². The molecule has 0 bridgehead atoms. The fraction of sp³-hybridized carbons (Fsp3) is 1.00. The molecule has 1 atom stereocenters. The highest BCUT2D eigenvalue weighted by Gasteiger charge is 2.17. The molecule has 0 spiro atoms. The summed E-state index contributed by atoms with van der Waals surface area (Å²) < 4.78 is 0. The molecule has 0 aromatic carbocycles. The molecule has 0 saturated heterocycles. The van der Waals surface area contributed by atoms with Gasteiger partial charge in [0.15, 0.2) is 0 Å². The molecule has 0 saturated carbocycles. The first-order chi connectivity index (χ1) is 5.22. The van der Waals surface area contributed by atoms with Crippen LogP contribution in [-0.2, 0) is 0 Å². The fourth-order valence-electron chi connectivity index (χ4n) is 0.831.